The average molecular weight is 207 g/mol. The molecule has 0 unspecified atom stereocenters. The molecule has 1 aromatic heterocycles. The van der Waals surface area contributed by atoms with Gasteiger partial charge in [0.1, 0.15) is 5.82 Å². The van der Waals surface area contributed by atoms with Crippen LogP contribution in [-0.4, -0.2) is 28.8 Å². The number of hydrogen-bond acceptors (Lipinski definition) is 2. The van der Waals surface area contributed by atoms with Crippen LogP contribution in [0.2, 0.25) is 0 Å². The Kier molecular flexibility index (Phi) is 3.51. The molecule has 0 aromatic carbocycles. The summed E-state index contributed by atoms with van der Waals surface area (Å²) < 4.78 is 36.9. The van der Waals surface area contributed by atoms with Crippen molar-refractivity contribution in [2.45, 2.75) is 12.6 Å². The van der Waals surface area contributed by atoms with Crippen molar-refractivity contribution in [3.63, 3.8) is 0 Å². The molecule has 14 heavy (non-hydrogen) atoms. The third-order valence-electron chi connectivity index (χ3n) is 1.77. The molecule has 3 nitrogen and oxygen atoms in total. The summed E-state index contributed by atoms with van der Waals surface area (Å²) in [7, 11) is 1.81. The lowest BCUT2D eigenvalue weighted by atomic mass is 10.4. The van der Waals surface area contributed by atoms with E-state index >= 15 is 0 Å². The van der Waals surface area contributed by atoms with Gasteiger partial charge in [-0.25, -0.2) is 4.98 Å². The SMILES string of the molecule is Cn1ccnc1CCNCC(F)(F)F. The summed E-state index contributed by atoms with van der Waals surface area (Å²) in [6.45, 7) is -0.665. The Labute approximate surface area is 79.9 Å². The van der Waals surface area contributed by atoms with Crippen LogP contribution in [0.1, 0.15) is 5.82 Å². The summed E-state index contributed by atoms with van der Waals surface area (Å²) in [6, 6.07) is 0. The van der Waals surface area contributed by atoms with Crippen molar-refractivity contribution in [2.75, 3.05) is 13.1 Å². The van der Waals surface area contributed by atoms with Crippen molar-refractivity contribution in [3.8, 4) is 0 Å². The maximum absolute atomic E-state index is 11.7. The number of alkyl halides is 3. The van der Waals surface area contributed by atoms with Gasteiger partial charge >= 0.3 is 6.18 Å². The van der Waals surface area contributed by atoms with Crippen molar-refractivity contribution >= 4 is 0 Å². The third kappa shape index (κ3) is 3.78. The Hall–Kier alpha value is -1.04. The molecule has 0 aliphatic rings. The minimum Gasteiger partial charge on any atom is -0.338 e. The second kappa shape index (κ2) is 4.45. The number of aryl methyl sites for hydroxylation is 1. The second-order valence-electron chi connectivity index (χ2n) is 3.00. The lowest BCUT2D eigenvalue weighted by Crippen LogP contribution is -2.30. The van der Waals surface area contributed by atoms with Gasteiger partial charge in [-0.3, -0.25) is 0 Å². The number of imidazole rings is 1. The highest BCUT2D eigenvalue weighted by Gasteiger charge is 2.25. The number of nitrogens with zero attached hydrogens (tertiary/aromatic N) is 2. The van der Waals surface area contributed by atoms with Gasteiger partial charge in [-0.05, 0) is 0 Å². The molecule has 0 amide bonds. The summed E-state index contributed by atoms with van der Waals surface area (Å²) in [6.07, 6.45) is -0.251. The van der Waals surface area contributed by atoms with Gasteiger partial charge in [0.2, 0.25) is 0 Å². The first-order chi connectivity index (χ1) is 6.49. The molecule has 6 heteroatoms. The van der Waals surface area contributed by atoms with Crippen LogP contribution in [0.5, 0.6) is 0 Å². The first-order valence-corrected chi connectivity index (χ1v) is 4.23. The maximum Gasteiger partial charge on any atom is 0.401 e. The zero-order valence-corrected chi connectivity index (χ0v) is 7.80. The van der Waals surface area contributed by atoms with Crippen LogP contribution < -0.4 is 5.32 Å². The van der Waals surface area contributed by atoms with Crippen LogP contribution in [0.15, 0.2) is 12.4 Å². The Morgan fingerprint density at radius 3 is 2.71 bits per heavy atom. The van der Waals surface area contributed by atoms with E-state index in [1.165, 1.54) is 0 Å². The van der Waals surface area contributed by atoms with Crippen molar-refractivity contribution in [3.05, 3.63) is 18.2 Å². The smallest absolute Gasteiger partial charge is 0.338 e. The molecule has 1 N–H and O–H groups in total. The molecule has 0 saturated heterocycles. The zero-order chi connectivity index (χ0) is 10.6. The number of halogens is 3. The van der Waals surface area contributed by atoms with Gasteiger partial charge in [0.05, 0.1) is 6.54 Å². The van der Waals surface area contributed by atoms with E-state index in [4.69, 9.17) is 0 Å². The fourth-order valence-corrected chi connectivity index (χ4v) is 1.07. The topological polar surface area (TPSA) is 29.9 Å². The van der Waals surface area contributed by atoms with Crippen LogP contribution >= 0.6 is 0 Å². The van der Waals surface area contributed by atoms with Gasteiger partial charge in [0.15, 0.2) is 0 Å². The molecule has 0 aliphatic carbocycles. The van der Waals surface area contributed by atoms with Crippen molar-refractivity contribution in [1.82, 2.24) is 14.9 Å². The molecule has 0 aliphatic heterocycles. The Bertz CT molecular complexity index is 280. The van der Waals surface area contributed by atoms with Crippen molar-refractivity contribution < 1.29 is 13.2 Å². The minimum absolute atomic E-state index is 0.282. The Morgan fingerprint density at radius 2 is 2.21 bits per heavy atom. The van der Waals surface area contributed by atoms with Gasteiger partial charge in [-0.2, -0.15) is 13.2 Å². The van der Waals surface area contributed by atoms with E-state index in [9.17, 15) is 13.2 Å². The number of rotatable bonds is 4. The van der Waals surface area contributed by atoms with Crippen LogP contribution in [0, 0.1) is 0 Å². The minimum atomic E-state index is -4.14. The van der Waals surface area contributed by atoms with Gasteiger partial charge in [-0.1, -0.05) is 0 Å². The van der Waals surface area contributed by atoms with E-state index in [0.29, 0.717) is 6.42 Å². The molecule has 1 heterocycles. The number of hydrogen-bond donors (Lipinski definition) is 1. The summed E-state index contributed by atoms with van der Waals surface area (Å²) >= 11 is 0. The highest BCUT2D eigenvalue weighted by atomic mass is 19.4. The molecule has 1 aromatic rings. The van der Waals surface area contributed by atoms with Crippen LogP contribution in [0.4, 0.5) is 13.2 Å². The monoisotopic (exact) mass is 207 g/mol. The summed E-state index contributed by atoms with van der Waals surface area (Å²) in [4.78, 5) is 3.99. The van der Waals surface area contributed by atoms with Crippen LogP contribution in [-0.2, 0) is 13.5 Å². The quantitative estimate of drug-likeness (QED) is 0.750. The fourth-order valence-electron chi connectivity index (χ4n) is 1.07. The average Bonchev–Trinajstić information content (AvgIpc) is 2.44. The molecule has 0 spiro atoms. The zero-order valence-electron chi connectivity index (χ0n) is 7.80. The fraction of sp³-hybridized carbons (Fsp3) is 0.625. The molecule has 80 valence electrons. The van der Waals surface area contributed by atoms with Crippen LogP contribution in [0.3, 0.4) is 0 Å². The lowest BCUT2D eigenvalue weighted by Gasteiger charge is -2.07. The molecule has 0 bridgehead atoms. The van der Waals surface area contributed by atoms with Crippen LogP contribution in [0.25, 0.3) is 0 Å². The predicted molar refractivity (Wildman–Crippen MR) is 45.8 cm³/mol. The van der Waals surface area contributed by atoms with E-state index in [-0.39, 0.29) is 6.54 Å². The number of aromatic nitrogens is 2. The molecule has 0 fully saturated rings. The third-order valence-corrected chi connectivity index (χ3v) is 1.77. The maximum atomic E-state index is 11.7. The summed E-state index contributed by atoms with van der Waals surface area (Å²) in [5, 5.41) is 2.31. The van der Waals surface area contributed by atoms with Gasteiger partial charge in [0.25, 0.3) is 0 Å². The van der Waals surface area contributed by atoms with E-state index in [2.05, 4.69) is 10.3 Å². The highest BCUT2D eigenvalue weighted by Crippen LogP contribution is 2.11. The normalized spacial score (nSPS) is 12.0. The lowest BCUT2D eigenvalue weighted by molar-refractivity contribution is -0.124. The first-order valence-electron chi connectivity index (χ1n) is 4.23. The second-order valence-corrected chi connectivity index (χ2v) is 3.00. The molecule has 0 saturated carbocycles. The van der Waals surface area contributed by atoms with Crippen molar-refractivity contribution in [2.24, 2.45) is 7.05 Å². The molecule has 0 radical (unpaired) electrons. The van der Waals surface area contributed by atoms with E-state index < -0.39 is 12.7 Å². The Morgan fingerprint density at radius 1 is 1.50 bits per heavy atom. The van der Waals surface area contributed by atoms with Gasteiger partial charge in [0, 0.05) is 32.4 Å². The van der Waals surface area contributed by atoms with Gasteiger partial charge < -0.3 is 9.88 Å². The van der Waals surface area contributed by atoms with Crippen molar-refractivity contribution in [1.29, 1.82) is 0 Å². The predicted octanol–water partition coefficient (Wildman–Crippen LogP) is 1.11. The standard InChI is InChI=1S/C8H12F3N3/c1-14-5-4-13-7(14)2-3-12-6-8(9,10)11/h4-5,12H,2-3,6H2,1H3. The van der Waals surface area contributed by atoms with E-state index in [0.717, 1.165) is 5.82 Å². The highest BCUT2D eigenvalue weighted by molar-refractivity contribution is 4.91. The Balaban J connectivity index is 2.20. The largest absolute Gasteiger partial charge is 0.401 e. The van der Waals surface area contributed by atoms with Gasteiger partial charge in [-0.15, -0.1) is 0 Å². The summed E-state index contributed by atoms with van der Waals surface area (Å²) in [5.41, 5.74) is 0. The first kappa shape index (κ1) is 11.0. The van der Waals surface area contributed by atoms with E-state index in [1.807, 2.05) is 7.05 Å². The molecular formula is C8H12F3N3. The molecule has 0 atom stereocenters. The summed E-state index contributed by atoms with van der Waals surface area (Å²) in [5.74, 6) is 0.777. The number of nitrogens with one attached hydrogen (secondary N) is 1. The molecular weight excluding hydrogens is 195 g/mol. The van der Waals surface area contributed by atoms with E-state index in [1.54, 1.807) is 17.0 Å². The molecule has 1 rings (SSSR count).